The van der Waals surface area contributed by atoms with Crippen LogP contribution in [0.15, 0.2) is 27.7 Å². The third kappa shape index (κ3) is 1.31. The smallest absolute Gasteiger partial charge is 0.171 e. The molecule has 3 rings (SSSR count). The van der Waals surface area contributed by atoms with Crippen LogP contribution in [0.2, 0.25) is 0 Å². The number of aromatic nitrogens is 2. The van der Waals surface area contributed by atoms with E-state index >= 15 is 0 Å². The third-order valence-corrected chi connectivity index (χ3v) is 3.50. The van der Waals surface area contributed by atoms with Crippen molar-refractivity contribution in [3.63, 3.8) is 0 Å². The minimum absolute atomic E-state index is 0.277. The normalized spacial score (nSPS) is 19.2. The van der Waals surface area contributed by atoms with Crippen LogP contribution in [0.1, 0.15) is 17.4 Å². The molecule has 1 aliphatic rings. The molecule has 0 bridgehead atoms. The number of anilines is 1. The molecule has 2 aromatic rings. The molecule has 3 heterocycles. The van der Waals surface area contributed by atoms with E-state index in [0.29, 0.717) is 0 Å². The molecule has 0 spiro atoms. The van der Waals surface area contributed by atoms with Crippen molar-refractivity contribution in [2.24, 2.45) is 7.05 Å². The number of likely N-dealkylation sites (N-methyl/N-ethyl adjacent to an activating group) is 1. The summed E-state index contributed by atoms with van der Waals surface area (Å²) in [7, 11) is 4.09. The Bertz CT molecular complexity index is 531. The number of hydrogen-bond acceptors (Lipinski definition) is 3. The van der Waals surface area contributed by atoms with Gasteiger partial charge in [0.2, 0.25) is 0 Å². The zero-order valence-electron chi connectivity index (χ0n) is 9.14. The second-order valence-electron chi connectivity index (χ2n) is 4.16. The van der Waals surface area contributed by atoms with Crippen molar-refractivity contribution in [2.75, 3.05) is 18.5 Å². The zero-order valence-corrected chi connectivity index (χ0v) is 10.7. The SMILES string of the molecule is CN1CC(c2cncn2C)c2oc(Br)cc21. The van der Waals surface area contributed by atoms with Crippen molar-refractivity contribution in [1.29, 1.82) is 0 Å². The molecule has 84 valence electrons. The number of aryl methyl sites for hydroxylation is 1. The predicted octanol–water partition coefficient (Wildman–Crippen LogP) is 2.36. The molecule has 0 saturated carbocycles. The summed E-state index contributed by atoms with van der Waals surface area (Å²) < 4.78 is 8.56. The van der Waals surface area contributed by atoms with Gasteiger partial charge < -0.3 is 13.9 Å². The van der Waals surface area contributed by atoms with Gasteiger partial charge in [-0.3, -0.25) is 0 Å². The summed E-state index contributed by atoms with van der Waals surface area (Å²) in [5, 5.41) is 0. The van der Waals surface area contributed by atoms with Crippen molar-refractivity contribution in [2.45, 2.75) is 5.92 Å². The maximum absolute atomic E-state index is 5.72. The van der Waals surface area contributed by atoms with Crippen LogP contribution in [0.3, 0.4) is 0 Å². The summed E-state index contributed by atoms with van der Waals surface area (Å²) in [6.07, 6.45) is 3.73. The van der Waals surface area contributed by atoms with Gasteiger partial charge in [-0.15, -0.1) is 0 Å². The highest BCUT2D eigenvalue weighted by Crippen LogP contribution is 2.42. The Balaban J connectivity index is 2.09. The molecule has 0 aliphatic carbocycles. The lowest BCUT2D eigenvalue weighted by molar-refractivity contribution is 0.474. The van der Waals surface area contributed by atoms with E-state index in [2.05, 4.69) is 32.9 Å². The van der Waals surface area contributed by atoms with Gasteiger partial charge >= 0.3 is 0 Å². The highest BCUT2D eigenvalue weighted by atomic mass is 79.9. The lowest BCUT2D eigenvalue weighted by Crippen LogP contribution is -2.17. The molecule has 16 heavy (non-hydrogen) atoms. The first-order valence-corrected chi connectivity index (χ1v) is 5.92. The van der Waals surface area contributed by atoms with Gasteiger partial charge in [0.15, 0.2) is 4.67 Å². The summed E-state index contributed by atoms with van der Waals surface area (Å²) in [6.45, 7) is 0.945. The molecule has 0 amide bonds. The van der Waals surface area contributed by atoms with Gasteiger partial charge in [0.25, 0.3) is 0 Å². The Morgan fingerprint density at radius 3 is 3.00 bits per heavy atom. The molecule has 0 saturated heterocycles. The molecule has 1 atom stereocenters. The molecule has 1 aliphatic heterocycles. The summed E-state index contributed by atoms with van der Waals surface area (Å²) in [5.74, 6) is 1.30. The van der Waals surface area contributed by atoms with E-state index in [1.165, 1.54) is 5.69 Å². The molecule has 1 unspecified atom stereocenters. The van der Waals surface area contributed by atoms with Gasteiger partial charge in [-0.05, 0) is 15.9 Å². The average molecular weight is 282 g/mol. The molecule has 0 radical (unpaired) electrons. The van der Waals surface area contributed by atoms with Crippen LogP contribution >= 0.6 is 15.9 Å². The topological polar surface area (TPSA) is 34.2 Å². The molecular formula is C11H12BrN3O. The van der Waals surface area contributed by atoms with Crippen molar-refractivity contribution in [3.8, 4) is 0 Å². The number of nitrogens with zero attached hydrogens (tertiary/aromatic N) is 3. The number of furan rings is 1. The van der Waals surface area contributed by atoms with Crippen LogP contribution in [-0.4, -0.2) is 23.1 Å². The first-order chi connectivity index (χ1) is 7.66. The van der Waals surface area contributed by atoms with Crippen LogP contribution in [0.4, 0.5) is 5.69 Å². The monoisotopic (exact) mass is 281 g/mol. The van der Waals surface area contributed by atoms with E-state index in [0.717, 1.165) is 22.7 Å². The molecule has 0 N–H and O–H groups in total. The Morgan fingerprint density at radius 2 is 2.31 bits per heavy atom. The summed E-state index contributed by atoms with van der Waals surface area (Å²) in [4.78, 5) is 6.37. The van der Waals surface area contributed by atoms with Gasteiger partial charge in [-0.25, -0.2) is 4.98 Å². The predicted molar refractivity (Wildman–Crippen MR) is 64.7 cm³/mol. The molecular weight excluding hydrogens is 270 g/mol. The van der Waals surface area contributed by atoms with Crippen molar-refractivity contribution >= 4 is 21.6 Å². The highest BCUT2D eigenvalue weighted by molar-refractivity contribution is 9.10. The second kappa shape index (κ2) is 3.38. The summed E-state index contributed by atoms with van der Waals surface area (Å²) >= 11 is 3.38. The highest BCUT2D eigenvalue weighted by Gasteiger charge is 2.33. The Kier molecular flexibility index (Phi) is 2.10. The van der Waals surface area contributed by atoms with Crippen LogP contribution in [0.25, 0.3) is 0 Å². The van der Waals surface area contributed by atoms with Gasteiger partial charge in [0.05, 0.1) is 17.9 Å². The van der Waals surface area contributed by atoms with Crippen molar-refractivity contribution < 1.29 is 4.42 Å². The van der Waals surface area contributed by atoms with Gasteiger partial charge in [-0.1, -0.05) is 0 Å². The molecule has 0 fully saturated rings. The fourth-order valence-corrected chi connectivity index (χ4v) is 2.69. The minimum Gasteiger partial charge on any atom is -0.451 e. The van der Waals surface area contributed by atoms with Crippen molar-refractivity contribution in [1.82, 2.24) is 9.55 Å². The Morgan fingerprint density at radius 1 is 1.50 bits per heavy atom. The molecule has 2 aromatic heterocycles. The quantitative estimate of drug-likeness (QED) is 0.805. The largest absolute Gasteiger partial charge is 0.451 e. The lowest BCUT2D eigenvalue weighted by Gasteiger charge is -2.13. The first-order valence-electron chi connectivity index (χ1n) is 5.13. The molecule has 4 nitrogen and oxygen atoms in total. The maximum Gasteiger partial charge on any atom is 0.171 e. The standard InChI is InChI=1S/C11H12BrN3O/c1-14-5-7(9-4-13-6-15(9)2)11-8(14)3-10(12)16-11/h3-4,6-7H,5H2,1-2H3. The van der Waals surface area contributed by atoms with E-state index < -0.39 is 0 Å². The zero-order chi connectivity index (χ0) is 11.3. The van der Waals surface area contributed by atoms with Crippen molar-refractivity contribution in [3.05, 3.63) is 34.7 Å². The van der Waals surface area contributed by atoms with Crippen LogP contribution in [0.5, 0.6) is 0 Å². The van der Waals surface area contributed by atoms with Gasteiger partial charge in [0, 0.05) is 38.6 Å². The van der Waals surface area contributed by atoms with Gasteiger partial charge in [-0.2, -0.15) is 0 Å². The summed E-state index contributed by atoms with van der Waals surface area (Å²) in [6, 6.07) is 2.02. The van der Waals surface area contributed by atoms with E-state index in [1.807, 2.05) is 30.2 Å². The van der Waals surface area contributed by atoms with Crippen LogP contribution < -0.4 is 4.90 Å². The number of hydrogen-bond donors (Lipinski definition) is 0. The third-order valence-electron chi connectivity index (χ3n) is 3.11. The molecule has 0 aromatic carbocycles. The number of rotatable bonds is 1. The van der Waals surface area contributed by atoms with E-state index in [4.69, 9.17) is 4.42 Å². The van der Waals surface area contributed by atoms with E-state index in [1.54, 1.807) is 0 Å². The van der Waals surface area contributed by atoms with Gasteiger partial charge in [0.1, 0.15) is 5.76 Å². The average Bonchev–Trinajstić information content (AvgIpc) is 2.86. The van der Waals surface area contributed by atoms with E-state index in [9.17, 15) is 0 Å². The van der Waals surface area contributed by atoms with Crippen LogP contribution in [-0.2, 0) is 7.05 Å². The Hall–Kier alpha value is -1.23. The Labute approximate surface area is 102 Å². The van der Waals surface area contributed by atoms with E-state index in [-0.39, 0.29) is 5.92 Å². The fourth-order valence-electron chi connectivity index (χ4n) is 2.30. The number of imidazole rings is 1. The fraction of sp³-hybridized carbons (Fsp3) is 0.364. The lowest BCUT2D eigenvalue weighted by atomic mass is 10.1. The second-order valence-corrected chi connectivity index (χ2v) is 4.94. The summed E-state index contributed by atoms with van der Waals surface area (Å²) in [5.41, 5.74) is 2.35. The molecule has 5 heteroatoms. The number of fused-ring (bicyclic) bond motifs is 1. The first kappa shape index (κ1) is 9.96. The minimum atomic E-state index is 0.277. The maximum atomic E-state index is 5.72. The number of halogens is 1. The van der Waals surface area contributed by atoms with Crippen LogP contribution in [0, 0.1) is 0 Å².